The molecule has 6 heteroatoms. The van der Waals surface area contributed by atoms with Crippen molar-refractivity contribution in [2.24, 2.45) is 5.92 Å². The van der Waals surface area contributed by atoms with Gasteiger partial charge in [-0.2, -0.15) is 0 Å². The number of nitrogens with one attached hydrogen (secondary N) is 1. The molecule has 0 aromatic heterocycles. The first-order valence-electron chi connectivity index (χ1n) is 8.69. The van der Waals surface area contributed by atoms with Crippen molar-refractivity contribution in [1.82, 2.24) is 5.32 Å². The van der Waals surface area contributed by atoms with E-state index >= 15 is 0 Å². The summed E-state index contributed by atoms with van der Waals surface area (Å²) in [6.07, 6.45) is 0. The highest BCUT2D eigenvalue weighted by Crippen LogP contribution is 2.21. The van der Waals surface area contributed by atoms with E-state index < -0.39 is 17.9 Å². The van der Waals surface area contributed by atoms with Gasteiger partial charge >= 0.3 is 5.97 Å². The molecule has 0 aliphatic carbocycles. The Hall–Kier alpha value is -2.53. The fourth-order valence-electron chi connectivity index (χ4n) is 2.62. The minimum atomic E-state index is -0.787. The maximum atomic E-state index is 12.6. The van der Waals surface area contributed by atoms with E-state index in [2.05, 4.69) is 5.32 Å². The van der Waals surface area contributed by atoms with Crippen LogP contribution in [0.5, 0.6) is 5.75 Å². The van der Waals surface area contributed by atoms with Crippen LogP contribution >= 0.6 is 11.6 Å². The van der Waals surface area contributed by atoms with Crippen LogP contribution in [0.1, 0.15) is 35.3 Å². The highest BCUT2D eigenvalue weighted by Gasteiger charge is 2.27. The van der Waals surface area contributed by atoms with Crippen molar-refractivity contribution in [3.63, 3.8) is 0 Å². The van der Waals surface area contributed by atoms with Gasteiger partial charge in [-0.05, 0) is 37.1 Å². The van der Waals surface area contributed by atoms with Gasteiger partial charge in [0, 0.05) is 5.56 Å². The maximum Gasteiger partial charge on any atom is 0.329 e. The van der Waals surface area contributed by atoms with Gasteiger partial charge in [0.05, 0.1) is 17.7 Å². The monoisotopic (exact) mass is 389 g/mol. The van der Waals surface area contributed by atoms with Gasteiger partial charge in [0.15, 0.2) is 0 Å². The predicted molar refractivity (Wildman–Crippen MR) is 105 cm³/mol. The molecule has 144 valence electrons. The van der Waals surface area contributed by atoms with Crippen LogP contribution in [-0.2, 0) is 16.1 Å². The molecule has 2 rings (SSSR count). The van der Waals surface area contributed by atoms with Gasteiger partial charge in [-0.3, -0.25) is 4.79 Å². The first kappa shape index (κ1) is 20.8. The average molecular weight is 390 g/mol. The van der Waals surface area contributed by atoms with Crippen LogP contribution in [0.15, 0.2) is 42.5 Å². The van der Waals surface area contributed by atoms with Gasteiger partial charge in [0.25, 0.3) is 5.91 Å². The van der Waals surface area contributed by atoms with Crippen LogP contribution in [0.25, 0.3) is 0 Å². The number of carbonyl (C=O) groups is 2. The fraction of sp³-hybridized carbons (Fsp3) is 0.333. The van der Waals surface area contributed by atoms with Gasteiger partial charge in [-0.1, -0.05) is 49.2 Å². The van der Waals surface area contributed by atoms with E-state index in [-0.39, 0.29) is 12.5 Å². The normalized spacial score (nSPS) is 11.8. The summed E-state index contributed by atoms with van der Waals surface area (Å²) in [6.45, 7) is 5.69. The zero-order chi connectivity index (χ0) is 20.0. The second kappa shape index (κ2) is 9.42. The minimum Gasteiger partial charge on any atom is -0.496 e. The number of amides is 1. The Morgan fingerprint density at radius 3 is 2.48 bits per heavy atom. The predicted octanol–water partition coefficient (Wildman–Crippen LogP) is 4.15. The largest absolute Gasteiger partial charge is 0.496 e. The lowest BCUT2D eigenvalue weighted by molar-refractivity contribution is -0.148. The zero-order valence-corrected chi connectivity index (χ0v) is 16.7. The molecule has 0 saturated heterocycles. The summed E-state index contributed by atoms with van der Waals surface area (Å²) in [5.74, 6) is -0.420. The standard InChI is InChI=1S/C21H24ClNO4/c1-13(2)19(23-20(24)16-7-5-6-8-17(16)22)21(25)27-12-15-11-14(3)9-10-18(15)26-4/h5-11,13,19H,12H2,1-4H3,(H,23,24). The van der Waals surface area contributed by atoms with E-state index in [4.69, 9.17) is 21.1 Å². The van der Waals surface area contributed by atoms with E-state index in [1.54, 1.807) is 31.4 Å². The second-order valence-electron chi connectivity index (χ2n) is 6.60. The number of hydrogen-bond acceptors (Lipinski definition) is 4. The molecular weight excluding hydrogens is 366 g/mol. The molecule has 0 aliphatic rings. The van der Waals surface area contributed by atoms with Crippen LogP contribution in [0, 0.1) is 12.8 Å². The van der Waals surface area contributed by atoms with Crippen molar-refractivity contribution in [2.75, 3.05) is 7.11 Å². The Balaban J connectivity index is 2.08. The minimum absolute atomic E-state index is 0.0644. The Kier molecular flexibility index (Phi) is 7.25. The van der Waals surface area contributed by atoms with E-state index in [1.165, 1.54) is 0 Å². The lowest BCUT2D eigenvalue weighted by atomic mass is 10.0. The molecule has 1 atom stereocenters. The number of aryl methyl sites for hydroxylation is 1. The molecule has 27 heavy (non-hydrogen) atoms. The lowest BCUT2D eigenvalue weighted by Crippen LogP contribution is -2.45. The molecule has 2 aromatic carbocycles. The molecule has 1 unspecified atom stereocenters. The van der Waals surface area contributed by atoms with Gasteiger partial charge in [-0.25, -0.2) is 4.79 Å². The number of hydrogen-bond donors (Lipinski definition) is 1. The summed E-state index contributed by atoms with van der Waals surface area (Å²) < 4.78 is 10.7. The van der Waals surface area contributed by atoms with Crippen molar-refractivity contribution >= 4 is 23.5 Å². The van der Waals surface area contributed by atoms with E-state index in [0.29, 0.717) is 16.3 Å². The molecule has 0 aliphatic heterocycles. The Morgan fingerprint density at radius 1 is 1.15 bits per heavy atom. The number of carbonyl (C=O) groups excluding carboxylic acids is 2. The van der Waals surface area contributed by atoms with Crippen LogP contribution in [0.3, 0.4) is 0 Å². The number of rotatable bonds is 7. The highest BCUT2D eigenvalue weighted by atomic mass is 35.5. The first-order valence-corrected chi connectivity index (χ1v) is 9.06. The molecule has 0 spiro atoms. The van der Waals surface area contributed by atoms with Crippen molar-refractivity contribution in [1.29, 1.82) is 0 Å². The summed E-state index contributed by atoms with van der Waals surface area (Å²) in [5.41, 5.74) is 2.12. The van der Waals surface area contributed by atoms with Crippen molar-refractivity contribution in [2.45, 2.75) is 33.4 Å². The second-order valence-corrected chi connectivity index (χ2v) is 7.01. The van der Waals surface area contributed by atoms with Crippen molar-refractivity contribution in [3.05, 3.63) is 64.2 Å². The molecular formula is C21H24ClNO4. The summed E-state index contributed by atoms with van der Waals surface area (Å²) in [7, 11) is 1.57. The molecule has 0 bridgehead atoms. The topological polar surface area (TPSA) is 64.6 Å². The molecule has 0 radical (unpaired) electrons. The summed E-state index contributed by atoms with van der Waals surface area (Å²) in [6, 6.07) is 11.6. The Labute approximate surface area is 164 Å². The van der Waals surface area contributed by atoms with Gasteiger partial charge in [0.1, 0.15) is 18.4 Å². The quantitative estimate of drug-likeness (QED) is 0.722. The highest BCUT2D eigenvalue weighted by molar-refractivity contribution is 6.33. The molecule has 1 amide bonds. The van der Waals surface area contributed by atoms with Crippen LogP contribution in [0.2, 0.25) is 5.02 Å². The molecule has 0 fully saturated rings. The lowest BCUT2D eigenvalue weighted by Gasteiger charge is -2.21. The Bertz CT molecular complexity index is 820. The maximum absolute atomic E-state index is 12.6. The van der Waals surface area contributed by atoms with E-state index in [9.17, 15) is 9.59 Å². The smallest absolute Gasteiger partial charge is 0.329 e. The third-order valence-electron chi connectivity index (χ3n) is 4.13. The number of esters is 1. The number of halogens is 1. The van der Waals surface area contributed by atoms with E-state index in [1.807, 2.05) is 39.0 Å². The molecule has 0 saturated carbocycles. The van der Waals surface area contributed by atoms with Gasteiger partial charge in [-0.15, -0.1) is 0 Å². The van der Waals surface area contributed by atoms with Crippen LogP contribution < -0.4 is 10.1 Å². The van der Waals surface area contributed by atoms with Gasteiger partial charge < -0.3 is 14.8 Å². The van der Waals surface area contributed by atoms with Gasteiger partial charge in [0.2, 0.25) is 0 Å². The fourth-order valence-corrected chi connectivity index (χ4v) is 2.84. The Morgan fingerprint density at radius 2 is 1.85 bits per heavy atom. The average Bonchev–Trinajstić information content (AvgIpc) is 2.64. The number of ether oxygens (including phenoxy) is 2. The van der Waals surface area contributed by atoms with Crippen molar-refractivity contribution in [3.8, 4) is 5.75 Å². The summed E-state index contributed by atoms with van der Waals surface area (Å²) >= 11 is 6.06. The van der Waals surface area contributed by atoms with E-state index in [0.717, 1.165) is 11.1 Å². The molecule has 0 heterocycles. The van der Waals surface area contributed by atoms with Crippen LogP contribution in [-0.4, -0.2) is 25.0 Å². The number of benzene rings is 2. The molecule has 1 N–H and O–H groups in total. The zero-order valence-electron chi connectivity index (χ0n) is 15.9. The SMILES string of the molecule is COc1ccc(C)cc1COC(=O)C(NC(=O)c1ccccc1Cl)C(C)C. The first-order chi connectivity index (χ1) is 12.8. The summed E-state index contributed by atoms with van der Waals surface area (Å²) in [4.78, 5) is 25.1. The number of methoxy groups -OCH3 is 1. The molecule has 5 nitrogen and oxygen atoms in total. The molecule has 2 aromatic rings. The third kappa shape index (κ3) is 5.47. The summed E-state index contributed by atoms with van der Waals surface area (Å²) in [5, 5.41) is 3.05. The van der Waals surface area contributed by atoms with Crippen LogP contribution in [0.4, 0.5) is 0 Å². The third-order valence-corrected chi connectivity index (χ3v) is 4.46. The van der Waals surface area contributed by atoms with Crippen molar-refractivity contribution < 1.29 is 19.1 Å².